The Labute approximate surface area is 194 Å². The maximum Gasteiger partial charge on any atom is 0.387 e. The number of aromatic nitrogens is 4. The molecule has 1 aliphatic heterocycles. The van der Waals surface area contributed by atoms with Crippen molar-refractivity contribution < 1.29 is 18.3 Å². The van der Waals surface area contributed by atoms with E-state index in [0.29, 0.717) is 6.54 Å². The van der Waals surface area contributed by atoms with Crippen LogP contribution in [0.25, 0.3) is 22.3 Å². The van der Waals surface area contributed by atoms with Gasteiger partial charge in [-0.1, -0.05) is 42.1 Å². The molecule has 2 atom stereocenters. The lowest BCUT2D eigenvalue weighted by Gasteiger charge is -2.17. The predicted octanol–water partition coefficient (Wildman–Crippen LogP) is 6.06. The molecule has 2 aromatic heterocycles. The van der Waals surface area contributed by atoms with Crippen LogP contribution in [0.3, 0.4) is 0 Å². The van der Waals surface area contributed by atoms with E-state index in [4.69, 9.17) is 4.74 Å². The van der Waals surface area contributed by atoms with Crippen molar-refractivity contribution in [1.82, 2.24) is 19.7 Å². The summed E-state index contributed by atoms with van der Waals surface area (Å²) in [5, 5.41) is 11.0. The fourth-order valence-corrected chi connectivity index (χ4v) is 5.12. The van der Waals surface area contributed by atoms with Gasteiger partial charge in [-0.25, -0.2) is 0 Å². The molecule has 2 unspecified atom stereocenters. The van der Waals surface area contributed by atoms with Crippen molar-refractivity contribution in [3.05, 3.63) is 60.3 Å². The van der Waals surface area contributed by atoms with E-state index in [0.717, 1.165) is 52.5 Å². The van der Waals surface area contributed by atoms with Gasteiger partial charge in [0, 0.05) is 34.5 Å². The summed E-state index contributed by atoms with van der Waals surface area (Å²) in [6.07, 6.45) is 4.17. The highest BCUT2D eigenvalue weighted by molar-refractivity contribution is 7.99. The van der Waals surface area contributed by atoms with Crippen molar-refractivity contribution in [3.8, 4) is 17.1 Å². The van der Waals surface area contributed by atoms with Crippen molar-refractivity contribution in [1.29, 1.82) is 0 Å². The number of H-pyrrole nitrogens is 1. The van der Waals surface area contributed by atoms with Crippen LogP contribution in [0.4, 0.5) is 8.78 Å². The third-order valence-electron chi connectivity index (χ3n) is 5.81. The number of aromatic amines is 1. The van der Waals surface area contributed by atoms with Gasteiger partial charge in [0.1, 0.15) is 5.75 Å². The number of hydrogen-bond acceptors (Lipinski definition) is 5. The van der Waals surface area contributed by atoms with Crippen LogP contribution in [0.1, 0.15) is 30.6 Å². The van der Waals surface area contributed by atoms with E-state index in [2.05, 4.69) is 37.5 Å². The molecule has 2 aromatic carbocycles. The Morgan fingerprint density at radius 1 is 1.18 bits per heavy atom. The Morgan fingerprint density at radius 3 is 2.76 bits per heavy atom. The summed E-state index contributed by atoms with van der Waals surface area (Å²) in [6.45, 7) is 0.686. The minimum absolute atomic E-state index is 0.0360. The number of rotatable bonds is 8. The van der Waals surface area contributed by atoms with E-state index in [1.807, 2.05) is 24.4 Å². The Kier molecular flexibility index (Phi) is 6.32. The summed E-state index contributed by atoms with van der Waals surface area (Å²) >= 11 is 1.58. The van der Waals surface area contributed by atoms with Gasteiger partial charge < -0.3 is 14.5 Å². The molecule has 33 heavy (non-hydrogen) atoms. The maximum absolute atomic E-state index is 12.4. The minimum atomic E-state index is -2.83. The first-order valence-electron chi connectivity index (χ1n) is 10.9. The lowest BCUT2D eigenvalue weighted by molar-refractivity contribution is -0.0498. The molecule has 4 aromatic rings. The van der Waals surface area contributed by atoms with Gasteiger partial charge in [0.05, 0.1) is 12.6 Å². The lowest BCUT2D eigenvalue weighted by atomic mass is 10.1. The number of para-hydroxylation sites is 1. The van der Waals surface area contributed by atoms with Crippen LogP contribution in [0.2, 0.25) is 0 Å². The zero-order valence-electron chi connectivity index (χ0n) is 18.1. The average Bonchev–Trinajstić information content (AvgIpc) is 3.55. The molecule has 9 heteroatoms. The molecule has 1 aliphatic rings. The first-order chi connectivity index (χ1) is 16.1. The highest BCUT2D eigenvalue weighted by atomic mass is 32.2. The van der Waals surface area contributed by atoms with E-state index < -0.39 is 6.61 Å². The standard InChI is InChI=1S/C24H24F2N4O2S/c1-15(16-8-10-17(11-9-16)32-23(25)26)33-24-29-28-22(30(24)14-18-5-4-12-31-18)20-13-27-21-7-3-2-6-19(20)21/h2-3,6-11,13,15,18,23,27H,4-5,12,14H2,1H3. The molecule has 0 bridgehead atoms. The topological polar surface area (TPSA) is 65.0 Å². The number of hydrogen-bond donors (Lipinski definition) is 1. The first kappa shape index (κ1) is 21.9. The molecule has 6 nitrogen and oxygen atoms in total. The Hall–Kier alpha value is -2.91. The highest BCUT2D eigenvalue weighted by Crippen LogP contribution is 2.37. The van der Waals surface area contributed by atoms with Crippen LogP contribution in [0.15, 0.2) is 59.9 Å². The second-order valence-electron chi connectivity index (χ2n) is 8.01. The van der Waals surface area contributed by atoms with E-state index >= 15 is 0 Å². The minimum Gasteiger partial charge on any atom is -0.435 e. The third kappa shape index (κ3) is 4.74. The molecule has 1 N–H and O–H groups in total. The molecule has 1 fully saturated rings. The Bertz CT molecular complexity index is 1220. The van der Waals surface area contributed by atoms with Gasteiger partial charge >= 0.3 is 6.61 Å². The van der Waals surface area contributed by atoms with Crippen molar-refractivity contribution in [2.24, 2.45) is 0 Å². The van der Waals surface area contributed by atoms with Gasteiger partial charge in [0.25, 0.3) is 0 Å². The van der Waals surface area contributed by atoms with E-state index in [1.54, 1.807) is 36.0 Å². The van der Waals surface area contributed by atoms with Crippen LogP contribution in [-0.2, 0) is 11.3 Å². The molecule has 1 saturated heterocycles. The fraction of sp³-hybridized carbons (Fsp3) is 0.333. The normalized spacial score (nSPS) is 17.2. The largest absolute Gasteiger partial charge is 0.435 e. The van der Waals surface area contributed by atoms with Gasteiger partial charge in [-0.05, 0) is 43.5 Å². The van der Waals surface area contributed by atoms with Crippen LogP contribution < -0.4 is 4.74 Å². The van der Waals surface area contributed by atoms with Gasteiger partial charge in [-0.2, -0.15) is 8.78 Å². The van der Waals surface area contributed by atoms with Crippen molar-refractivity contribution >= 4 is 22.7 Å². The van der Waals surface area contributed by atoms with Crippen LogP contribution in [0.5, 0.6) is 5.75 Å². The molecule has 0 radical (unpaired) electrons. The SMILES string of the molecule is CC(Sc1nnc(-c2c[nH]c3ccccc23)n1CC1CCCO1)c1ccc(OC(F)F)cc1. The smallest absolute Gasteiger partial charge is 0.387 e. The fourth-order valence-electron chi connectivity index (χ4n) is 4.13. The highest BCUT2D eigenvalue weighted by Gasteiger charge is 2.24. The summed E-state index contributed by atoms with van der Waals surface area (Å²) in [5.74, 6) is 0.951. The lowest BCUT2D eigenvalue weighted by Crippen LogP contribution is -2.16. The summed E-state index contributed by atoms with van der Waals surface area (Å²) in [7, 11) is 0. The quantitative estimate of drug-likeness (QED) is 0.317. The van der Waals surface area contributed by atoms with Crippen LogP contribution >= 0.6 is 11.8 Å². The monoisotopic (exact) mass is 470 g/mol. The average molecular weight is 471 g/mol. The number of alkyl halides is 2. The Balaban J connectivity index is 1.44. The number of benzene rings is 2. The third-order valence-corrected chi connectivity index (χ3v) is 6.95. The van der Waals surface area contributed by atoms with E-state index in [-0.39, 0.29) is 17.1 Å². The molecule has 0 saturated carbocycles. The van der Waals surface area contributed by atoms with Crippen LogP contribution in [-0.4, -0.2) is 39.1 Å². The molecule has 5 rings (SSSR count). The number of thioether (sulfide) groups is 1. The molecular weight excluding hydrogens is 446 g/mol. The van der Waals surface area contributed by atoms with Gasteiger partial charge in [0.15, 0.2) is 11.0 Å². The number of nitrogens with one attached hydrogen (secondary N) is 1. The number of nitrogens with zero attached hydrogens (tertiary/aromatic N) is 3. The number of halogens is 2. The van der Waals surface area contributed by atoms with Gasteiger partial charge in [-0.15, -0.1) is 10.2 Å². The molecule has 3 heterocycles. The summed E-state index contributed by atoms with van der Waals surface area (Å²) < 4.78 is 37.4. The maximum atomic E-state index is 12.4. The van der Waals surface area contributed by atoms with E-state index in [1.165, 1.54) is 0 Å². The summed E-state index contributed by atoms with van der Waals surface area (Å²) in [6, 6.07) is 14.9. The zero-order valence-corrected chi connectivity index (χ0v) is 18.9. The predicted molar refractivity (Wildman–Crippen MR) is 124 cm³/mol. The van der Waals surface area contributed by atoms with E-state index in [9.17, 15) is 8.78 Å². The Morgan fingerprint density at radius 2 is 2.00 bits per heavy atom. The molecular formula is C24H24F2N4O2S. The first-order valence-corrected chi connectivity index (χ1v) is 11.8. The van der Waals surface area contributed by atoms with Gasteiger partial charge in [0.2, 0.25) is 0 Å². The summed E-state index contributed by atoms with van der Waals surface area (Å²) in [5.41, 5.74) is 3.04. The van der Waals surface area contributed by atoms with Gasteiger partial charge in [-0.3, -0.25) is 4.57 Å². The van der Waals surface area contributed by atoms with Crippen molar-refractivity contribution in [2.45, 2.75) is 49.4 Å². The second-order valence-corrected chi connectivity index (χ2v) is 9.32. The zero-order chi connectivity index (χ0) is 22.8. The van der Waals surface area contributed by atoms with Crippen molar-refractivity contribution in [3.63, 3.8) is 0 Å². The molecule has 172 valence electrons. The second kappa shape index (κ2) is 9.52. The number of fused-ring (bicyclic) bond motifs is 1. The molecule has 0 aliphatic carbocycles. The molecule has 0 spiro atoms. The van der Waals surface area contributed by atoms with Crippen molar-refractivity contribution in [2.75, 3.05) is 6.61 Å². The molecule has 0 amide bonds. The van der Waals surface area contributed by atoms with Crippen LogP contribution in [0, 0.1) is 0 Å². The summed E-state index contributed by atoms with van der Waals surface area (Å²) in [4.78, 5) is 3.32. The number of ether oxygens (including phenoxy) is 2.